The first-order chi connectivity index (χ1) is 10.3. The molecule has 0 radical (unpaired) electrons. The normalized spacial score (nSPS) is 12.6. The standard InChI is InChI=1S/C20H35NO/c1-5-11-20(22,12-6-2)13-10-17-8-7-9-18(14-17)15-19(3,4)16-21/h7-9,14,22H,5-6,10-13,15-16,21H2,1-4H3. The van der Waals surface area contributed by atoms with Gasteiger partial charge in [0.15, 0.2) is 0 Å². The second-order valence-corrected chi connectivity index (χ2v) is 7.59. The van der Waals surface area contributed by atoms with Crippen molar-refractivity contribution in [1.82, 2.24) is 0 Å². The molecule has 0 unspecified atom stereocenters. The van der Waals surface area contributed by atoms with E-state index in [0.717, 1.165) is 44.9 Å². The number of aryl methyl sites for hydroxylation is 1. The van der Waals surface area contributed by atoms with E-state index in [4.69, 9.17) is 5.73 Å². The van der Waals surface area contributed by atoms with Gasteiger partial charge >= 0.3 is 0 Å². The third kappa shape index (κ3) is 6.50. The third-order valence-corrected chi connectivity index (χ3v) is 4.54. The molecule has 0 heterocycles. The van der Waals surface area contributed by atoms with Gasteiger partial charge < -0.3 is 10.8 Å². The quantitative estimate of drug-likeness (QED) is 0.669. The minimum atomic E-state index is -0.490. The maximum atomic E-state index is 10.7. The Kier molecular flexibility index (Phi) is 7.58. The Morgan fingerprint density at radius 1 is 1.00 bits per heavy atom. The predicted molar refractivity (Wildman–Crippen MR) is 96.1 cm³/mol. The molecule has 0 aliphatic carbocycles. The highest BCUT2D eigenvalue weighted by atomic mass is 16.3. The van der Waals surface area contributed by atoms with Crippen LogP contribution in [0, 0.1) is 5.41 Å². The molecule has 1 aromatic carbocycles. The summed E-state index contributed by atoms with van der Waals surface area (Å²) in [6.07, 6.45) is 6.71. The lowest BCUT2D eigenvalue weighted by atomic mass is 9.84. The van der Waals surface area contributed by atoms with Crippen LogP contribution < -0.4 is 5.73 Å². The summed E-state index contributed by atoms with van der Waals surface area (Å²) in [4.78, 5) is 0. The number of nitrogens with two attached hydrogens (primary N) is 1. The van der Waals surface area contributed by atoms with Gasteiger partial charge in [0, 0.05) is 0 Å². The zero-order valence-electron chi connectivity index (χ0n) is 15.0. The molecule has 0 atom stereocenters. The molecule has 0 saturated carbocycles. The van der Waals surface area contributed by atoms with Crippen molar-refractivity contribution in [2.24, 2.45) is 11.1 Å². The van der Waals surface area contributed by atoms with E-state index in [1.807, 2.05) is 0 Å². The Morgan fingerprint density at radius 3 is 2.14 bits per heavy atom. The number of benzene rings is 1. The van der Waals surface area contributed by atoms with Crippen LogP contribution in [0.1, 0.15) is 70.9 Å². The van der Waals surface area contributed by atoms with E-state index in [9.17, 15) is 5.11 Å². The summed E-state index contributed by atoms with van der Waals surface area (Å²) in [6, 6.07) is 8.79. The van der Waals surface area contributed by atoms with Gasteiger partial charge in [0.2, 0.25) is 0 Å². The number of aliphatic hydroxyl groups is 1. The molecule has 0 spiro atoms. The first-order valence-electron chi connectivity index (χ1n) is 8.84. The monoisotopic (exact) mass is 305 g/mol. The maximum Gasteiger partial charge on any atom is 0.0650 e. The van der Waals surface area contributed by atoms with E-state index >= 15 is 0 Å². The molecular formula is C20H35NO. The molecule has 126 valence electrons. The topological polar surface area (TPSA) is 46.2 Å². The molecule has 0 aromatic heterocycles. The van der Waals surface area contributed by atoms with E-state index in [2.05, 4.69) is 52.0 Å². The molecule has 22 heavy (non-hydrogen) atoms. The van der Waals surface area contributed by atoms with Crippen LogP contribution in [-0.2, 0) is 12.8 Å². The molecule has 1 aromatic rings. The highest BCUT2D eigenvalue weighted by molar-refractivity contribution is 5.24. The van der Waals surface area contributed by atoms with Crippen LogP contribution in [0.25, 0.3) is 0 Å². The fourth-order valence-electron chi connectivity index (χ4n) is 3.20. The van der Waals surface area contributed by atoms with Crippen molar-refractivity contribution < 1.29 is 5.11 Å². The Hall–Kier alpha value is -0.860. The van der Waals surface area contributed by atoms with Crippen LogP contribution in [0.4, 0.5) is 0 Å². The van der Waals surface area contributed by atoms with E-state index in [-0.39, 0.29) is 5.41 Å². The number of rotatable bonds is 10. The highest BCUT2D eigenvalue weighted by Crippen LogP contribution is 2.26. The Bertz CT molecular complexity index is 433. The van der Waals surface area contributed by atoms with Crippen LogP contribution >= 0.6 is 0 Å². The number of hydrogen-bond donors (Lipinski definition) is 2. The molecule has 2 heteroatoms. The summed E-state index contributed by atoms with van der Waals surface area (Å²) >= 11 is 0. The molecule has 3 N–H and O–H groups in total. The van der Waals surface area contributed by atoms with E-state index in [1.54, 1.807) is 0 Å². The first-order valence-corrected chi connectivity index (χ1v) is 8.84. The van der Waals surface area contributed by atoms with Crippen LogP contribution in [-0.4, -0.2) is 17.3 Å². The lowest BCUT2D eigenvalue weighted by molar-refractivity contribution is 0.0132. The summed E-state index contributed by atoms with van der Waals surface area (Å²) in [7, 11) is 0. The third-order valence-electron chi connectivity index (χ3n) is 4.54. The van der Waals surface area contributed by atoms with Crippen LogP contribution in [0.5, 0.6) is 0 Å². The van der Waals surface area contributed by atoms with Gasteiger partial charge in [-0.3, -0.25) is 0 Å². The molecule has 2 nitrogen and oxygen atoms in total. The van der Waals surface area contributed by atoms with Gasteiger partial charge in [-0.2, -0.15) is 0 Å². The van der Waals surface area contributed by atoms with Crippen molar-refractivity contribution in [2.75, 3.05) is 6.54 Å². The van der Waals surface area contributed by atoms with E-state index in [1.165, 1.54) is 11.1 Å². The van der Waals surface area contributed by atoms with Crippen LogP contribution in [0.2, 0.25) is 0 Å². The van der Waals surface area contributed by atoms with Crippen LogP contribution in [0.3, 0.4) is 0 Å². The van der Waals surface area contributed by atoms with E-state index < -0.39 is 5.60 Å². The highest BCUT2D eigenvalue weighted by Gasteiger charge is 2.24. The molecule has 0 fully saturated rings. The molecule has 1 rings (SSSR count). The van der Waals surface area contributed by atoms with Crippen molar-refractivity contribution in [3.63, 3.8) is 0 Å². The fourth-order valence-corrected chi connectivity index (χ4v) is 3.20. The van der Waals surface area contributed by atoms with Gasteiger partial charge in [-0.15, -0.1) is 0 Å². The zero-order valence-corrected chi connectivity index (χ0v) is 15.0. The summed E-state index contributed by atoms with van der Waals surface area (Å²) in [5, 5.41) is 10.7. The summed E-state index contributed by atoms with van der Waals surface area (Å²) in [5.74, 6) is 0. The van der Waals surface area contributed by atoms with Gasteiger partial charge in [-0.25, -0.2) is 0 Å². The number of hydrogen-bond acceptors (Lipinski definition) is 2. The molecule has 0 amide bonds. The van der Waals surface area contributed by atoms with Crippen LogP contribution in [0.15, 0.2) is 24.3 Å². The molecule has 0 aliphatic heterocycles. The smallest absolute Gasteiger partial charge is 0.0650 e. The Labute approximate surface area is 137 Å². The lowest BCUT2D eigenvalue weighted by Crippen LogP contribution is -2.29. The average Bonchev–Trinajstić information content (AvgIpc) is 2.46. The summed E-state index contributed by atoms with van der Waals surface area (Å²) < 4.78 is 0. The minimum Gasteiger partial charge on any atom is -0.390 e. The Balaban J connectivity index is 2.70. The molecule has 0 saturated heterocycles. The van der Waals surface area contributed by atoms with Crippen molar-refractivity contribution in [1.29, 1.82) is 0 Å². The predicted octanol–water partition coefficient (Wildman–Crippen LogP) is 4.48. The SMILES string of the molecule is CCCC(O)(CCC)CCc1cccc(CC(C)(C)CN)c1. The van der Waals surface area contributed by atoms with Gasteiger partial charge in [-0.05, 0) is 55.2 Å². The first kappa shape index (κ1) is 19.2. The second-order valence-electron chi connectivity index (χ2n) is 7.59. The fraction of sp³-hybridized carbons (Fsp3) is 0.700. The average molecular weight is 306 g/mol. The second kappa shape index (κ2) is 8.69. The summed E-state index contributed by atoms with van der Waals surface area (Å²) in [5.41, 5.74) is 8.17. The molecule has 0 bridgehead atoms. The van der Waals surface area contributed by atoms with Gasteiger partial charge in [-0.1, -0.05) is 64.8 Å². The maximum absolute atomic E-state index is 10.7. The van der Waals surface area contributed by atoms with Crippen molar-refractivity contribution in [3.8, 4) is 0 Å². The lowest BCUT2D eigenvalue weighted by Gasteiger charge is -2.28. The van der Waals surface area contributed by atoms with Gasteiger partial charge in [0.1, 0.15) is 0 Å². The summed E-state index contributed by atoms with van der Waals surface area (Å²) in [6.45, 7) is 9.41. The van der Waals surface area contributed by atoms with Crippen molar-refractivity contribution >= 4 is 0 Å². The molecular weight excluding hydrogens is 270 g/mol. The van der Waals surface area contributed by atoms with Gasteiger partial charge in [0.25, 0.3) is 0 Å². The van der Waals surface area contributed by atoms with Crippen molar-refractivity contribution in [3.05, 3.63) is 35.4 Å². The molecule has 0 aliphatic rings. The van der Waals surface area contributed by atoms with E-state index in [0.29, 0.717) is 6.54 Å². The Morgan fingerprint density at radius 2 is 1.59 bits per heavy atom. The van der Waals surface area contributed by atoms with Crippen molar-refractivity contribution in [2.45, 2.75) is 78.2 Å². The zero-order chi connectivity index (χ0) is 16.6. The largest absolute Gasteiger partial charge is 0.390 e. The van der Waals surface area contributed by atoms with Gasteiger partial charge in [0.05, 0.1) is 5.60 Å². The minimum absolute atomic E-state index is 0.143.